The molecule has 10 heteroatoms. The second-order valence-corrected chi connectivity index (χ2v) is 15.3. The van der Waals surface area contributed by atoms with Crippen LogP contribution in [0.25, 0.3) is 10.9 Å². The number of rotatable bonds is 7. The summed E-state index contributed by atoms with van der Waals surface area (Å²) in [6.07, 6.45) is 8.07. The highest BCUT2D eigenvalue weighted by atomic mass is 32.2. The summed E-state index contributed by atoms with van der Waals surface area (Å²) >= 11 is 1.65. The van der Waals surface area contributed by atoms with E-state index in [-0.39, 0.29) is 15.5 Å². The number of likely N-dealkylation sites (tertiary alicyclic amines) is 1. The number of aromatic nitrogens is 1. The molecule has 246 valence electrons. The minimum absolute atomic E-state index is 0.0419. The number of benzene rings is 2. The van der Waals surface area contributed by atoms with Crippen molar-refractivity contribution in [1.82, 2.24) is 19.7 Å². The molecule has 3 saturated heterocycles. The van der Waals surface area contributed by atoms with Crippen LogP contribution in [0.15, 0.2) is 63.3 Å². The van der Waals surface area contributed by atoms with Gasteiger partial charge in [0.1, 0.15) is 10.6 Å². The van der Waals surface area contributed by atoms with E-state index in [4.69, 9.17) is 0 Å². The Morgan fingerprint density at radius 3 is 1.98 bits per heavy atom. The Hall–Kier alpha value is -2.37. The van der Waals surface area contributed by atoms with Gasteiger partial charge in [-0.25, -0.2) is 8.42 Å². The summed E-state index contributed by atoms with van der Waals surface area (Å²) in [6, 6.07) is 13.8. The van der Waals surface area contributed by atoms with Gasteiger partial charge in [0.25, 0.3) is 0 Å². The second kappa shape index (κ2) is 15.0. The highest BCUT2D eigenvalue weighted by molar-refractivity contribution is 7.98. The van der Waals surface area contributed by atoms with E-state index in [0.29, 0.717) is 18.1 Å². The molecule has 3 aromatic rings. The van der Waals surface area contributed by atoms with Gasteiger partial charge in [0.2, 0.25) is 9.84 Å². The van der Waals surface area contributed by atoms with E-state index in [0.717, 1.165) is 60.5 Å². The zero-order chi connectivity index (χ0) is 32.1. The van der Waals surface area contributed by atoms with E-state index in [1.54, 1.807) is 11.8 Å². The molecule has 3 fully saturated rings. The number of nitrogens with zero attached hydrogens (tertiary/aromatic N) is 5. The molecular formula is C35H51N5O3S2. The van der Waals surface area contributed by atoms with E-state index in [1.807, 2.05) is 32.2 Å². The minimum atomic E-state index is -3.85. The Morgan fingerprint density at radius 2 is 1.40 bits per heavy atom. The summed E-state index contributed by atoms with van der Waals surface area (Å²) in [5.74, 6) is 0.0419. The summed E-state index contributed by atoms with van der Waals surface area (Å²) in [6.45, 7) is 17.3. The van der Waals surface area contributed by atoms with Gasteiger partial charge in [-0.05, 0) is 101 Å². The molecule has 0 amide bonds. The lowest BCUT2D eigenvalue weighted by Gasteiger charge is -2.46. The van der Waals surface area contributed by atoms with Crippen molar-refractivity contribution in [3.05, 3.63) is 48.7 Å². The molecule has 1 N–H and O–H groups in total. The van der Waals surface area contributed by atoms with Gasteiger partial charge in [0, 0.05) is 73.9 Å². The molecule has 3 aliphatic heterocycles. The summed E-state index contributed by atoms with van der Waals surface area (Å²) in [5, 5.41) is 10.6. The van der Waals surface area contributed by atoms with Gasteiger partial charge in [-0.1, -0.05) is 13.8 Å². The van der Waals surface area contributed by atoms with Crippen molar-refractivity contribution in [3.8, 4) is 5.75 Å². The van der Waals surface area contributed by atoms with E-state index in [2.05, 4.69) is 44.5 Å². The zero-order valence-corrected chi connectivity index (χ0v) is 29.3. The first-order valence-electron chi connectivity index (χ1n) is 16.7. The minimum Gasteiger partial charge on any atom is -0.508 e. The summed E-state index contributed by atoms with van der Waals surface area (Å²) in [7, 11) is -3.85. The van der Waals surface area contributed by atoms with Crippen molar-refractivity contribution in [3.63, 3.8) is 0 Å². The maximum absolute atomic E-state index is 14.0. The first kappa shape index (κ1) is 34.0. The van der Waals surface area contributed by atoms with Crippen molar-refractivity contribution < 1.29 is 13.5 Å². The molecule has 1 aromatic heterocycles. The van der Waals surface area contributed by atoms with Crippen molar-refractivity contribution >= 4 is 38.2 Å². The van der Waals surface area contributed by atoms with Crippen molar-refractivity contribution in [2.24, 2.45) is 0 Å². The predicted octanol–water partition coefficient (Wildman–Crippen LogP) is 5.98. The number of anilines is 1. The van der Waals surface area contributed by atoms with Crippen LogP contribution in [0.5, 0.6) is 5.75 Å². The quantitative estimate of drug-likeness (QED) is 0.310. The molecule has 45 heavy (non-hydrogen) atoms. The van der Waals surface area contributed by atoms with E-state index in [9.17, 15) is 13.5 Å². The van der Waals surface area contributed by atoms with Crippen molar-refractivity contribution in [1.29, 1.82) is 0 Å². The van der Waals surface area contributed by atoms with Crippen LogP contribution in [0.3, 0.4) is 0 Å². The van der Waals surface area contributed by atoms with E-state index >= 15 is 0 Å². The molecular weight excluding hydrogens is 603 g/mol. The first-order chi connectivity index (χ1) is 21.7. The summed E-state index contributed by atoms with van der Waals surface area (Å²) in [5.41, 5.74) is 1.56. The number of aromatic hydroxyl groups is 1. The maximum atomic E-state index is 14.0. The number of thioether (sulfide) groups is 1. The van der Waals surface area contributed by atoms with Crippen LogP contribution in [0, 0.1) is 0 Å². The number of piperazine rings is 1. The van der Waals surface area contributed by atoms with E-state index in [1.165, 1.54) is 69.5 Å². The van der Waals surface area contributed by atoms with Gasteiger partial charge in [-0.3, -0.25) is 14.8 Å². The Balaban J connectivity index is 0.00000196. The Kier molecular flexibility index (Phi) is 11.3. The normalized spacial score (nSPS) is 20.0. The maximum Gasteiger partial charge on any atom is 0.210 e. The molecule has 0 atom stereocenters. The van der Waals surface area contributed by atoms with Crippen molar-refractivity contribution in [2.75, 3.05) is 63.5 Å². The van der Waals surface area contributed by atoms with Crippen LogP contribution in [0.2, 0.25) is 0 Å². The third-order valence-corrected chi connectivity index (χ3v) is 12.3. The van der Waals surface area contributed by atoms with Crippen molar-refractivity contribution in [2.45, 2.75) is 86.2 Å². The smallest absolute Gasteiger partial charge is 0.210 e. The van der Waals surface area contributed by atoms with Gasteiger partial charge >= 0.3 is 0 Å². The van der Waals surface area contributed by atoms with Gasteiger partial charge in [0.15, 0.2) is 0 Å². The number of sulfone groups is 1. The third kappa shape index (κ3) is 7.46. The van der Waals surface area contributed by atoms with Gasteiger partial charge in [-0.2, -0.15) is 0 Å². The lowest BCUT2D eigenvalue weighted by molar-refractivity contribution is 0.0359. The Morgan fingerprint density at radius 1 is 0.822 bits per heavy atom. The molecule has 0 saturated carbocycles. The molecule has 3 aliphatic rings. The van der Waals surface area contributed by atoms with Crippen LogP contribution in [0.4, 0.5) is 5.69 Å². The van der Waals surface area contributed by atoms with Crippen LogP contribution >= 0.6 is 11.8 Å². The Labute approximate surface area is 274 Å². The molecule has 0 aliphatic carbocycles. The van der Waals surface area contributed by atoms with Gasteiger partial charge < -0.3 is 14.9 Å². The second-order valence-electron chi connectivity index (χ2n) is 12.5. The fourth-order valence-electron chi connectivity index (χ4n) is 7.23. The fourth-order valence-corrected chi connectivity index (χ4v) is 9.10. The molecule has 2 aromatic carbocycles. The molecule has 8 nitrogen and oxygen atoms in total. The van der Waals surface area contributed by atoms with E-state index < -0.39 is 9.84 Å². The third-order valence-electron chi connectivity index (χ3n) is 9.84. The largest absolute Gasteiger partial charge is 0.508 e. The average molecular weight is 654 g/mol. The Bertz CT molecular complexity index is 1510. The predicted molar refractivity (Wildman–Crippen MR) is 187 cm³/mol. The average Bonchev–Trinajstić information content (AvgIpc) is 3.08. The highest BCUT2D eigenvalue weighted by Crippen LogP contribution is 2.39. The molecule has 0 bridgehead atoms. The molecule has 0 radical (unpaired) electrons. The molecule has 4 heterocycles. The fraction of sp³-hybridized carbons (Fsp3) is 0.571. The highest BCUT2D eigenvalue weighted by Gasteiger charge is 2.34. The molecule has 0 spiro atoms. The van der Waals surface area contributed by atoms with Gasteiger partial charge in [-0.15, -0.1) is 11.8 Å². The topological polar surface area (TPSA) is 80.2 Å². The lowest BCUT2D eigenvalue weighted by atomic mass is 9.96. The summed E-state index contributed by atoms with van der Waals surface area (Å²) < 4.78 is 27.9. The number of pyridine rings is 1. The number of fused-ring (bicyclic) bond motifs is 1. The number of hydrogen-bond acceptors (Lipinski definition) is 9. The monoisotopic (exact) mass is 653 g/mol. The van der Waals surface area contributed by atoms with Crippen LogP contribution in [-0.2, 0) is 9.84 Å². The number of phenols is 1. The number of phenolic OH excluding ortho intramolecular Hbond substituents is 1. The molecule has 6 rings (SSSR count). The number of hydrogen-bond donors (Lipinski definition) is 1. The van der Waals surface area contributed by atoms with Crippen LogP contribution < -0.4 is 4.90 Å². The molecule has 0 unspecified atom stereocenters. The lowest BCUT2D eigenvalue weighted by Crippen LogP contribution is -2.56. The van der Waals surface area contributed by atoms with Crippen LogP contribution in [-0.4, -0.2) is 110 Å². The number of piperidine rings is 2. The van der Waals surface area contributed by atoms with Crippen LogP contribution in [0.1, 0.15) is 53.4 Å². The first-order valence-corrected chi connectivity index (χ1v) is 19.4. The standard InChI is InChI=1S/C33H45N5O3S2.C2H6/c1-24(2)35-18-20-37(21-19-35)26-10-14-36(15-11-26)25-12-16-38(17-13-25)33-30-22-28(42-3)6-9-31(30)34-23-32(33)43(40,41)29-7-4-27(39)5-8-29;1-2/h4-9,22-26,39H,10-21H2,1-3H3;1-2H3. The van der Waals surface area contributed by atoms with Gasteiger partial charge in [0.05, 0.1) is 16.1 Å². The SMILES string of the molecule is CC.CSc1ccc2ncc(S(=O)(=O)c3ccc(O)cc3)c(N3CCC(N4CCC(N5CCN(C(C)C)CC5)CC4)CC3)c2c1. The zero-order valence-electron chi connectivity index (χ0n) is 27.7. The summed E-state index contributed by atoms with van der Waals surface area (Å²) in [4.78, 5) is 16.4.